The SMILES string of the molecule is C1CCC(COCC2CCCC2)C1.CC(C)OC(C)C. The molecule has 0 aliphatic heterocycles. The Kier molecular flexibility index (Phi) is 9.54. The van der Waals surface area contributed by atoms with Crippen LogP contribution in [-0.4, -0.2) is 25.4 Å². The lowest BCUT2D eigenvalue weighted by atomic mass is 10.1. The molecule has 0 radical (unpaired) electrons. The van der Waals surface area contributed by atoms with Crippen molar-refractivity contribution < 1.29 is 9.47 Å². The maximum absolute atomic E-state index is 5.80. The van der Waals surface area contributed by atoms with Crippen LogP contribution in [0.5, 0.6) is 0 Å². The molecular weight excluding hydrogens is 248 g/mol. The van der Waals surface area contributed by atoms with Gasteiger partial charge in [-0.15, -0.1) is 0 Å². The monoisotopic (exact) mass is 284 g/mol. The maximum Gasteiger partial charge on any atom is 0.0522 e. The molecule has 2 nitrogen and oxygen atoms in total. The second-order valence-electron chi connectivity index (χ2n) is 7.07. The molecule has 2 rings (SSSR count). The molecule has 0 aromatic carbocycles. The van der Waals surface area contributed by atoms with Gasteiger partial charge in [-0.1, -0.05) is 25.7 Å². The number of rotatable bonds is 6. The summed E-state index contributed by atoms with van der Waals surface area (Å²) < 4.78 is 11.1. The van der Waals surface area contributed by atoms with Gasteiger partial charge in [0.2, 0.25) is 0 Å². The molecule has 2 aliphatic carbocycles. The quantitative estimate of drug-likeness (QED) is 0.667. The molecule has 2 fully saturated rings. The molecule has 0 aromatic heterocycles. The Morgan fingerprint density at radius 3 is 1.30 bits per heavy atom. The average molecular weight is 284 g/mol. The van der Waals surface area contributed by atoms with Crippen molar-refractivity contribution in [2.75, 3.05) is 13.2 Å². The molecule has 0 unspecified atom stereocenters. The first-order valence-electron chi connectivity index (χ1n) is 8.81. The van der Waals surface area contributed by atoms with Crippen LogP contribution in [0.15, 0.2) is 0 Å². The third-order valence-corrected chi connectivity index (χ3v) is 4.20. The van der Waals surface area contributed by atoms with Crippen molar-refractivity contribution >= 4 is 0 Å². The van der Waals surface area contributed by atoms with Crippen LogP contribution in [-0.2, 0) is 9.47 Å². The standard InChI is InChI=1S/C12H22O.C6H14O/c1-2-6-11(5-1)9-13-10-12-7-3-4-8-12;1-5(2)7-6(3)4/h11-12H,1-10H2;5-6H,1-4H3. The van der Waals surface area contributed by atoms with E-state index in [0.717, 1.165) is 25.0 Å². The normalized spacial score (nSPS) is 20.7. The smallest absolute Gasteiger partial charge is 0.0522 e. The van der Waals surface area contributed by atoms with Crippen LogP contribution < -0.4 is 0 Å². The van der Waals surface area contributed by atoms with Gasteiger partial charge in [-0.3, -0.25) is 0 Å². The van der Waals surface area contributed by atoms with Crippen molar-refractivity contribution in [3.05, 3.63) is 0 Å². The lowest BCUT2D eigenvalue weighted by molar-refractivity contribution is 0.0300. The summed E-state index contributed by atoms with van der Waals surface area (Å²) in [6.07, 6.45) is 12.2. The van der Waals surface area contributed by atoms with Crippen LogP contribution in [0.25, 0.3) is 0 Å². The minimum atomic E-state index is 0.375. The molecule has 0 heterocycles. The van der Waals surface area contributed by atoms with E-state index >= 15 is 0 Å². The Bertz CT molecular complexity index is 191. The fourth-order valence-corrected chi connectivity index (χ4v) is 3.30. The predicted octanol–water partition coefficient (Wildman–Crippen LogP) is 5.20. The highest BCUT2D eigenvalue weighted by Gasteiger charge is 2.18. The molecule has 0 atom stereocenters. The lowest BCUT2D eigenvalue weighted by Crippen LogP contribution is -2.11. The summed E-state index contributed by atoms with van der Waals surface area (Å²) in [4.78, 5) is 0. The molecule has 0 amide bonds. The third-order valence-electron chi connectivity index (χ3n) is 4.20. The van der Waals surface area contributed by atoms with E-state index in [2.05, 4.69) is 0 Å². The highest BCUT2D eigenvalue weighted by Crippen LogP contribution is 2.27. The molecule has 0 N–H and O–H groups in total. The lowest BCUT2D eigenvalue weighted by Gasteiger charge is -2.13. The predicted molar refractivity (Wildman–Crippen MR) is 86.1 cm³/mol. The molecule has 0 saturated heterocycles. The van der Waals surface area contributed by atoms with Crippen LogP contribution in [0.1, 0.15) is 79.1 Å². The number of hydrogen-bond acceptors (Lipinski definition) is 2. The van der Waals surface area contributed by atoms with Crippen molar-refractivity contribution in [1.82, 2.24) is 0 Å². The summed E-state index contributed by atoms with van der Waals surface area (Å²) in [5, 5.41) is 0. The van der Waals surface area contributed by atoms with E-state index in [1.165, 1.54) is 51.4 Å². The molecule has 0 aromatic rings. The third kappa shape index (κ3) is 8.97. The fraction of sp³-hybridized carbons (Fsp3) is 1.00. The van der Waals surface area contributed by atoms with E-state index in [1.54, 1.807) is 0 Å². The highest BCUT2D eigenvalue weighted by atomic mass is 16.5. The van der Waals surface area contributed by atoms with Crippen molar-refractivity contribution in [1.29, 1.82) is 0 Å². The van der Waals surface area contributed by atoms with Gasteiger partial charge in [0.1, 0.15) is 0 Å². The van der Waals surface area contributed by atoms with E-state index in [4.69, 9.17) is 9.47 Å². The van der Waals surface area contributed by atoms with Gasteiger partial charge in [0.15, 0.2) is 0 Å². The molecule has 0 spiro atoms. The van der Waals surface area contributed by atoms with Crippen LogP contribution >= 0.6 is 0 Å². The molecule has 2 heteroatoms. The van der Waals surface area contributed by atoms with Crippen molar-refractivity contribution in [3.63, 3.8) is 0 Å². The van der Waals surface area contributed by atoms with Crippen molar-refractivity contribution in [3.8, 4) is 0 Å². The van der Waals surface area contributed by atoms with Crippen LogP contribution in [0, 0.1) is 11.8 Å². The largest absolute Gasteiger partial charge is 0.381 e. The first kappa shape index (κ1) is 18.0. The van der Waals surface area contributed by atoms with Gasteiger partial charge in [-0.05, 0) is 65.2 Å². The topological polar surface area (TPSA) is 18.5 Å². The molecule has 120 valence electrons. The second kappa shape index (κ2) is 10.6. The minimum absolute atomic E-state index is 0.375. The van der Waals surface area contributed by atoms with E-state index < -0.39 is 0 Å². The minimum Gasteiger partial charge on any atom is -0.381 e. The van der Waals surface area contributed by atoms with Gasteiger partial charge < -0.3 is 9.47 Å². The zero-order chi connectivity index (χ0) is 14.8. The first-order valence-corrected chi connectivity index (χ1v) is 8.81. The van der Waals surface area contributed by atoms with Gasteiger partial charge in [0.05, 0.1) is 12.2 Å². The summed E-state index contributed by atoms with van der Waals surface area (Å²) in [5.41, 5.74) is 0. The molecule has 2 aliphatic rings. The summed E-state index contributed by atoms with van der Waals surface area (Å²) >= 11 is 0. The van der Waals surface area contributed by atoms with Crippen LogP contribution in [0.2, 0.25) is 0 Å². The van der Waals surface area contributed by atoms with Gasteiger partial charge in [-0.2, -0.15) is 0 Å². The summed E-state index contributed by atoms with van der Waals surface area (Å²) in [7, 11) is 0. The molecule has 0 bridgehead atoms. The Hall–Kier alpha value is -0.0800. The summed E-state index contributed by atoms with van der Waals surface area (Å²) in [6, 6.07) is 0. The van der Waals surface area contributed by atoms with Gasteiger partial charge >= 0.3 is 0 Å². The molecule has 20 heavy (non-hydrogen) atoms. The van der Waals surface area contributed by atoms with Gasteiger partial charge in [0.25, 0.3) is 0 Å². The van der Waals surface area contributed by atoms with Gasteiger partial charge in [-0.25, -0.2) is 0 Å². The summed E-state index contributed by atoms with van der Waals surface area (Å²) in [6.45, 7) is 10.3. The number of hydrogen-bond donors (Lipinski definition) is 0. The summed E-state index contributed by atoms with van der Waals surface area (Å²) in [5.74, 6) is 1.81. The molecule has 2 saturated carbocycles. The van der Waals surface area contributed by atoms with Crippen molar-refractivity contribution in [2.24, 2.45) is 11.8 Å². The second-order valence-corrected chi connectivity index (χ2v) is 7.07. The highest BCUT2D eigenvalue weighted by molar-refractivity contribution is 4.69. The zero-order valence-electron chi connectivity index (χ0n) is 14.2. The zero-order valence-corrected chi connectivity index (χ0v) is 14.2. The van der Waals surface area contributed by atoms with E-state index in [1.807, 2.05) is 27.7 Å². The fourth-order valence-electron chi connectivity index (χ4n) is 3.30. The number of ether oxygens (including phenoxy) is 2. The Morgan fingerprint density at radius 1 is 0.700 bits per heavy atom. The van der Waals surface area contributed by atoms with E-state index in [0.29, 0.717) is 12.2 Å². The van der Waals surface area contributed by atoms with Crippen LogP contribution in [0.4, 0.5) is 0 Å². The van der Waals surface area contributed by atoms with Crippen molar-refractivity contribution in [2.45, 2.75) is 91.3 Å². The van der Waals surface area contributed by atoms with E-state index in [9.17, 15) is 0 Å². The average Bonchev–Trinajstić information content (AvgIpc) is 3.00. The maximum atomic E-state index is 5.80. The Balaban J connectivity index is 0.000000246. The van der Waals surface area contributed by atoms with E-state index in [-0.39, 0.29) is 0 Å². The first-order chi connectivity index (χ1) is 9.58. The molecular formula is C18H36O2. The Morgan fingerprint density at radius 2 is 1.05 bits per heavy atom. The van der Waals surface area contributed by atoms with Gasteiger partial charge in [0, 0.05) is 13.2 Å². The van der Waals surface area contributed by atoms with Crippen LogP contribution in [0.3, 0.4) is 0 Å². The Labute approximate surface area is 126 Å².